The van der Waals surface area contributed by atoms with Crippen LogP contribution in [0.4, 0.5) is 0 Å². The van der Waals surface area contributed by atoms with E-state index in [1.54, 1.807) is 0 Å². The molecule has 0 aromatic heterocycles. The van der Waals surface area contributed by atoms with Gasteiger partial charge >= 0.3 is 0 Å². The highest BCUT2D eigenvalue weighted by atomic mass is 16.2. The number of hydrogen-bond donors (Lipinski definition) is 1. The molecule has 116 valence electrons. The highest BCUT2D eigenvalue weighted by molar-refractivity contribution is 5.77. The second-order valence-corrected chi connectivity index (χ2v) is 6.83. The fourth-order valence-electron chi connectivity index (χ4n) is 2.94. The van der Waals surface area contributed by atoms with Crippen molar-refractivity contribution in [1.82, 2.24) is 10.2 Å². The fourth-order valence-corrected chi connectivity index (χ4v) is 2.94. The van der Waals surface area contributed by atoms with Crippen LogP contribution in [0.15, 0.2) is 30.3 Å². The minimum absolute atomic E-state index is 0.160. The summed E-state index contributed by atoms with van der Waals surface area (Å²) in [5.74, 6) is 1.23. The first-order valence-corrected chi connectivity index (χ1v) is 8.06. The molecule has 21 heavy (non-hydrogen) atoms. The minimum Gasteiger partial charge on any atom is -0.333 e. The summed E-state index contributed by atoms with van der Waals surface area (Å²) >= 11 is 0. The highest BCUT2D eigenvalue weighted by Crippen LogP contribution is 2.26. The fraction of sp³-hybridized carbons (Fsp3) is 0.611. The molecule has 1 aliphatic rings. The molecular formula is C18H28N2O. The second kappa shape index (κ2) is 7.08. The zero-order valence-electron chi connectivity index (χ0n) is 13.7. The van der Waals surface area contributed by atoms with Gasteiger partial charge in [-0.05, 0) is 17.4 Å². The van der Waals surface area contributed by atoms with Crippen LogP contribution in [0, 0.1) is 11.8 Å². The van der Waals surface area contributed by atoms with Crippen molar-refractivity contribution in [2.45, 2.75) is 46.2 Å². The summed E-state index contributed by atoms with van der Waals surface area (Å²) in [6.07, 6.45) is 0.633. The SMILES string of the molecule is CC(C)CC(=O)N1CC(C(C)C)NCC1c1ccccc1. The van der Waals surface area contributed by atoms with Crippen molar-refractivity contribution in [2.75, 3.05) is 13.1 Å². The van der Waals surface area contributed by atoms with E-state index in [0.717, 1.165) is 13.1 Å². The summed E-state index contributed by atoms with van der Waals surface area (Å²) < 4.78 is 0. The summed E-state index contributed by atoms with van der Waals surface area (Å²) in [5, 5.41) is 3.61. The lowest BCUT2D eigenvalue weighted by atomic mass is 9.95. The van der Waals surface area contributed by atoms with Crippen molar-refractivity contribution in [1.29, 1.82) is 0 Å². The molecule has 1 amide bonds. The topological polar surface area (TPSA) is 32.3 Å². The van der Waals surface area contributed by atoms with Crippen molar-refractivity contribution >= 4 is 5.91 Å². The van der Waals surface area contributed by atoms with E-state index in [-0.39, 0.29) is 11.9 Å². The van der Waals surface area contributed by atoms with E-state index in [0.29, 0.717) is 24.3 Å². The van der Waals surface area contributed by atoms with E-state index in [1.807, 2.05) is 6.07 Å². The average Bonchev–Trinajstić information content (AvgIpc) is 2.46. The smallest absolute Gasteiger partial charge is 0.223 e. The molecule has 2 unspecified atom stereocenters. The van der Waals surface area contributed by atoms with Crippen LogP contribution in [0.5, 0.6) is 0 Å². The monoisotopic (exact) mass is 288 g/mol. The van der Waals surface area contributed by atoms with Crippen molar-refractivity contribution in [2.24, 2.45) is 11.8 Å². The predicted octanol–water partition coefficient (Wildman–Crippen LogP) is 3.23. The summed E-state index contributed by atoms with van der Waals surface area (Å²) in [6.45, 7) is 10.3. The Bertz CT molecular complexity index is 456. The van der Waals surface area contributed by atoms with E-state index >= 15 is 0 Å². The van der Waals surface area contributed by atoms with Gasteiger partial charge in [-0.25, -0.2) is 0 Å². The lowest BCUT2D eigenvalue weighted by Gasteiger charge is -2.42. The quantitative estimate of drug-likeness (QED) is 0.922. The Morgan fingerprint density at radius 2 is 1.90 bits per heavy atom. The maximum Gasteiger partial charge on any atom is 0.223 e. The molecule has 3 heteroatoms. The van der Waals surface area contributed by atoms with E-state index in [4.69, 9.17) is 0 Å². The first-order valence-electron chi connectivity index (χ1n) is 8.06. The Kier molecular flexibility index (Phi) is 5.40. The molecule has 1 N–H and O–H groups in total. The molecule has 3 nitrogen and oxygen atoms in total. The van der Waals surface area contributed by atoms with Gasteiger partial charge in [0.15, 0.2) is 0 Å². The maximum absolute atomic E-state index is 12.7. The van der Waals surface area contributed by atoms with E-state index in [1.165, 1.54) is 5.56 Å². The van der Waals surface area contributed by atoms with Crippen molar-refractivity contribution in [3.8, 4) is 0 Å². The van der Waals surface area contributed by atoms with Crippen LogP contribution in [-0.4, -0.2) is 29.9 Å². The van der Waals surface area contributed by atoms with E-state index < -0.39 is 0 Å². The van der Waals surface area contributed by atoms with Gasteiger partial charge in [0.2, 0.25) is 5.91 Å². The summed E-state index contributed by atoms with van der Waals surface area (Å²) in [4.78, 5) is 14.8. The van der Waals surface area contributed by atoms with Gasteiger partial charge in [-0.15, -0.1) is 0 Å². The molecule has 1 aromatic rings. The van der Waals surface area contributed by atoms with E-state index in [9.17, 15) is 4.79 Å². The number of carbonyl (C=O) groups is 1. The molecule has 0 aliphatic carbocycles. The van der Waals surface area contributed by atoms with Gasteiger partial charge in [0.05, 0.1) is 6.04 Å². The standard InChI is InChI=1S/C18H28N2O/c1-13(2)10-18(21)20-12-16(14(3)4)19-11-17(20)15-8-6-5-7-9-15/h5-9,13-14,16-17,19H,10-12H2,1-4H3. The van der Waals surface area contributed by atoms with Gasteiger partial charge in [0.25, 0.3) is 0 Å². The van der Waals surface area contributed by atoms with Crippen LogP contribution in [-0.2, 0) is 4.79 Å². The molecule has 1 aliphatic heterocycles. The van der Waals surface area contributed by atoms with Crippen LogP contribution in [0.25, 0.3) is 0 Å². The molecular weight excluding hydrogens is 260 g/mol. The van der Waals surface area contributed by atoms with Crippen LogP contribution < -0.4 is 5.32 Å². The molecule has 1 saturated heterocycles. The van der Waals surface area contributed by atoms with Crippen LogP contribution in [0.2, 0.25) is 0 Å². The third kappa shape index (κ3) is 4.07. The Balaban J connectivity index is 2.20. The molecule has 0 radical (unpaired) electrons. The zero-order chi connectivity index (χ0) is 15.4. The summed E-state index contributed by atoms with van der Waals surface area (Å²) in [5.41, 5.74) is 1.23. The van der Waals surface area contributed by atoms with Gasteiger partial charge in [0, 0.05) is 25.6 Å². The third-order valence-corrected chi connectivity index (χ3v) is 4.24. The van der Waals surface area contributed by atoms with Gasteiger partial charge in [-0.1, -0.05) is 58.0 Å². The molecule has 2 rings (SSSR count). The van der Waals surface area contributed by atoms with E-state index in [2.05, 4.69) is 62.2 Å². The lowest BCUT2D eigenvalue weighted by molar-refractivity contribution is -0.136. The number of benzene rings is 1. The van der Waals surface area contributed by atoms with Crippen LogP contribution >= 0.6 is 0 Å². The molecule has 1 aromatic carbocycles. The first kappa shape index (κ1) is 16.0. The minimum atomic E-state index is 0.160. The molecule has 1 heterocycles. The first-order chi connectivity index (χ1) is 9.99. The molecule has 1 fully saturated rings. The average molecular weight is 288 g/mol. The Morgan fingerprint density at radius 3 is 2.48 bits per heavy atom. The molecule has 2 atom stereocenters. The normalized spacial score (nSPS) is 22.9. The number of amides is 1. The number of rotatable bonds is 4. The highest BCUT2D eigenvalue weighted by Gasteiger charge is 2.33. The summed E-state index contributed by atoms with van der Waals surface area (Å²) in [6, 6.07) is 10.9. The maximum atomic E-state index is 12.7. The van der Waals surface area contributed by atoms with Crippen molar-refractivity contribution in [3.63, 3.8) is 0 Å². The molecule has 0 spiro atoms. The number of hydrogen-bond acceptors (Lipinski definition) is 2. The number of piperazine rings is 1. The predicted molar refractivity (Wildman–Crippen MR) is 87.0 cm³/mol. The Morgan fingerprint density at radius 1 is 1.24 bits per heavy atom. The Labute approximate surface area is 128 Å². The molecule has 0 bridgehead atoms. The zero-order valence-corrected chi connectivity index (χ0v) is 13.7. The Hall–Kier alpha value is -1.35. The van der Waals surface area contributed by atoms with Crippen LogP contribution in [0.1, 0.15) is 45.7 Å². The lowest BCUT2D eigenvalue weighted by Crippen LogP contribution is -2.56. The third-order valence-electron chi connectivity index (χ3n) is 4.24. The van der Waals surface area contributed by atoms with Gasteiger partial charge in [-0.2, -0.15) is 0 Å². The van der Waals surface area contributed by atoms with Crippen molar-refractivity contribution in [3.05, 3.63) is 35.9 Å². The number of carbonyl (C=O) groups excluding carboxylic acids is 1. The van der Waals surface area contributed by atoms with Gasteiger partial charge in [0.1, 0.15) is 0 Å². The number of nitrogens with zero attached hydrogens (tertiary/aromatic N) is 1. The van der Waals surface area contributed by atoms with Crippen molar-refractivity contribution < 1.29 is 4.79 Å². The summed E-state index contributed by atoms with van der Waals surface area (Å²) in [7, 11) is 0. The molecule has 0 saturated carbocycles. The van der Waals surface area contributed by atoms with Gasteiger partial charge in [-0.3, -0.25) is 4.79 Å². The van der Waals surface area contributed by atoms with Gasteiger partial charge < -0.3 is 10.2 Å². The number of nitrogens with one attached hydrogen (secondary N) is 1. The largest absolute Gasteiger partial charge is 0.333 e. The van der Waals surface area contributed by atoms with Crippen LogP contribution in [0.3, 0.4) is 0 Å². The second-order valence-electron chi connectivity index (χ2n) is 6.83.